The van der Waals surface area contributed by atoms with Gasteiger partial charge in [0.15, 0.2) is 0 Å². The average molecular weight is 643 g/mol. The fraction of sp³-hybridized carbons (Fsp3) is 0.405. The summed E-state index contributed by atoms with van der Waals surface area (Å²) >= 11 is 0. The molecule has 0 aliphatic carbocycles. The third-order valence-electron chi connectivity index (χ3n) is 8.07. The van der Waals surface area contributed by atoms with Crippen LogP contribution in [0.1, 0.15) is 53.5 Å². The molecule has 8 nitrogen and oxygen atoms in total. The largest absolute Gasteiger partial charge is 0.459 e. The number of nitrogens with zero attached hydrogens (tertiary/aromatic N) is 2. The molecule has 46 heavy (non-hydrogen) atoms. The molecule has 0 aromatic heterocycles. The second-order valence-electron chi connectivity index (χ2n) is 13.6. The van der Waals surface area contributed by atoms with Crippen molar-refractivity contribution in [3.05, 3.63) is 96.6 Å². The van der Waals surface area contributed by atoms with Crippen LogP contribution < -0.4 is 10.4 Å². The number of methoxy groups -OCH3 is 1. The smallest absolute Gasteiger partial charge is 0.410 e. The first-order chi connectivity index (χ1) is 21.7. The first-order valence-electron chi connectivity index (χ1n) is 15.6. The Bertz CT molecular complexity index is 1470. The van der Waals surface area contributed by atoms with Crippen LogP contribution in [0.3, 0.4) is 0 Å². The van der Waals surface area contributed by atoms with Crippen molar-refractivity contribution in [3.63, 3.8) is 0 Å². The predicted molar refractivity (Wildman–Crippen MR) is 181 cm³/mol. The summed E-state index contributed by atoms with van der Waals surface area (Å²) in [5, 5.41) is 14.5. The first kappa shape index (κ1) is 34.9. The average Bonchev–Trinajstić information content (AvgIpc) is 3.43. The lowest BCUT2D eigenvalue weighted by molar-refractivity contribution is -0.135. The van der Waals surface area contributed by atoms with E-state index in [1.807, 2.05) is 87.5 Å². The van der Waals surface area contributed by atoms with Gasteiger partial charge in [-0.15, -0.1) is 0 Å². The van der Waals surface area contributed by atoms with Gasteiger partial charge in [0.05, 0.1) is 25.8 Å². The Balaban J connectivity index is 1.80. The fourth-order valence-corrected chi connectivity index (χ4v) is 10.8. The maximum absolute atomic E-state index is 13.8. The van der Waals surface area contributed by atoms with Crippen molar-refractivity contribution >= 4 is 30.8 Å². The van der Waals surface area contributed by atoms with Crippen molar-refractivity contribution < 1.29 is 28.7 Å². The van der Waals surface area contributed by atoms with Crippen molar-refractivity contribution in [1.29, 1.82) is 0 Å². The number of hydrogen-bond acceptors (Lipinski definition) is 7. The second kappa shape index (κ2) is 14.7. The van der Waals surface area contributed by atoms with E-state index in [2.05, 4.69) is 56.9 Å². The minimum Gasteiger partial charge on any atom is -0.459 e. The van der Waals surface area contributed by atoms with Gasteiger partial charge in [-0.2, -0.15) is 5.06 Å². The number of benzene rings is 3. The van der Waals surface area contributed by atoms with Crippen LogP contribution in [0.5, 0.6) is 0 Å². The van der Waals surface area contributed by atoms with Crippen LogP contribution in [0.15, 0.2) is 91.0 Å². The number of likely N-dealkylation sites (tertiary alicyclic amines) is 1. The summed E-state index contributed by atoms with van der Waals surface area (Å²) in [6.07, 6.45) is -0.601. The fourth-order valence-electron chi connectivity index (χ4n) is 6.10. The maximum Gasteiger partial charge on any atom is 0.410 e. The van der Waals surface area contributed by atoms with Crippen LogP contribution in [0.4, 0.5) is 4.79 Å². The van der Waals surface area contributed by atoms with E-state index in [-0.39, 0.29) is 18.1 Å². The molecule has 1 aliphatic rings. The molecule has 244 valence electrons. The van der Waals surface area contributed by atoms with Crippen LogP contribution in [-0.4, -0.2) is 73.0 Å². The molecule has 1 fully saturated rings. The standard InChI is InChI=1S/C37H46N2O6Si/c1-36(2,3)44-35(41)38-27-29(25-33(38)32(23-24-34(40)43-7)39(42)26-28-17-11-8-12-18-28)45-46(37(4,5)6,30-19-13-9-14-20-30)31-21-15-10-16-22-31/h8-22,29,32-33,42H,25-27H2,1-7H3/t29-,32-,33+/m1/s1. The van der Waals surface area contributed by atoms with Crippen molar-refractivity contribution in [3.8, 4) is 11.8 Å². The number of amides is 1. The molecule has 3 aromatic rings. The zero-order valence-electron chi connectivity index (χ0n) is 27.9. The summed E-state index contributed by atoms with van der Waals surface area (Å²) in [5.74, 6) is 4.68. The van der Waals surface area contributed by atoms with Crippen LogP contribution in [0, 0.1) is 11.8 Å². The van der Waals surface area contributed by atoms with Gasteiger partial charge in [-0.3, -0.25) is 4.90 Å². The Morgan fingerprint density at radius 2 is 1.43 bits per heavy atom. The highest BCUT2D eigenvalue weighted by Crippen LogP contribution is 2.40. The summed E-state index contributed by atoms with van der Waals surface area (Å²) in [6, 6.07) is 28.5. The summed E-state index contributed by atoms with van der Waals surface area (Å²) < 4.78 is 18.1. The molecule has 9 heteroatoms. The van der Waals surface area contributed by atoms with E-state index in [0.717, 1.165) is 21.0 Å². The topological polar surface area (TPSA) is 88.5 Å². The van der Waals surface area contributed by atoms with Crippen molar-refractivity contribution in [2.75, 3.05) is 13.7 Å². The third-order valence-corrected chi connectivity index (χ3v) is 13.2. The zero-order chi connectivity index (χ0) is 33.5. The van der Waals surface area contributed by atoms with Crippen molar-refractivity contribution in [1.82, 2.24) is 9.96 Å². The van der Waals surface area contributed by atoms with Gasteiger partial charge in [0.25, 0.3) is 8.32 Å². The Morgan fingerprint density at radius 1 is 0.913 bits per heavy atom. The minimum absolute atomic E-state index is 0.125. The van der Waals surface area contributed by atoms with Gasteiger partial charge in [0.2, 0.25) is 0 Å². The van der Waals surface area contributed by atoms with Crippen LogP contribution in [0.25, 0.3) is 0 Å². The Hall–Kier alpha value is -3.94. The lowest BCUT2D eigenvalue weighted by Gasteiger charge is -2.44. The summed E-state index contributed by atoms with van der Waals surface area (Å²) in [5.41, 5.74) is 0.0890. The number of rotatable bonds is 8. The summed E-state index contributed by atoms with van der Waals surface area (Å²) in [4.78, 5) is 27.6. The Morgan fingerprint density at radius 3 is 1.91 bits per heavy atom. The molecule has 1 aliphatic heterocycles. The van der Waals surface area contributed by atoms with E-state index < -0.39 is 44.2 Å². The number of hydrogen-bond donors (Lipinski definition) is 1. The summed E-state index contributed by atoms with van der Waals surface area (Å²) in [7, 11) is -1.73. The van der Waals surface area contributed by atoms with Gasteiger partial charge in [-0.1, -0.05) is 118 Å². The lowest BCUT2D eigenvalue weighted by atomic mass is 10.0. The highest BCUT2D eigenvalue weighted by atomic mass is 28.4. The first-order valence-corrected chi connectivity index (χ1v) is 17.5. The van der Waals surface area contributed by atoms with Crippen molar-refractivity contribution in [2.24, 2.45) is 0 Å². The molecular formula is C37H46N2O6Si. The molecule has 3 atom stereocenters. The number of carbonyl (C=O) groups is 2. The van der Waals surface area contributed by atoms with E-state index in [9.17, 15) is 14.8 Å². The van der Waals surface area contributed by atoms with Gasteiger partial charge >= 0.3 is 12.1 Å². The summed E-state index contributed by atoms with van der Waals surface area (Å²) in [6.45, 7) is 12.4. The molecule has 0 spiro atoms. The molecular weight excluding hydrogens is 597 g/mol. The predicted octanol–water partition coefficient (Wildman–Crippen LogP) is 5.38. The quantitative estimate of drug-likeness (QED) is 0.116. The van der Waals surface area contributed by atoms with E-state index in [1.54, 1.807) is 4.90 Å². The molecule has 1 heterocycles. The van der Waals surface area contributed by atoms with Crippen LogP contribution in [-0.2, 0) is 25.2 Å². The SMILES string of the molecule is COC(=O)C#C[C@H]([C@@H]1C[C@@H](O[Si](c2ccccc2)(c2ccccc2)C(C)(C)C)CN1C(=O)OC(C)(C)C)N(O)Cc1ccccc1. The lowest BCUT2D eigenvalue weighted by Crippen LogP contribution is -2.67. The molecule has 0 radical (unpaired) electrons. The molecule has 0 bridgehead atoms. The molecule has 1 N–H and O–H groups in total. The van der Waals surface area contributed by atoms with Gasteiger partial charge in [0.1, 0.15) is 11.6 Å². The molecule has 1 amide bonds. The van der Waals surface area contributed by atoms with Crippen LogP contribution in [0.2, 0.25) is 5.04 Å². The monoisotopic (exact) mass is 642 g/mol. The molecule has 0 unspecified atom stereocenters. The van der Waals surface area contributed by atoms with Gasteiger partial charge in [-0.05, 0) is 48.2 Å². The van der Waals surface area contributed by atoms with Crippen LogP contribution >= 0.6 is 0 Å². The minimum atomic E-state index is -2.99. The van der Waals surface area contributed by atoms with Gasteiger partial charge < -0.3 is 19.1 Å². The number of hydroxylamine groups is 2. The third kappa shape index (κ3) is 8.25. The van der Waals surface area contributed by atoms with E-state index in [1.165, 1.54) is 7.11 Å². The Labute approximate surface area is 274 Å². The molecule has 4 rings (SSSR count). The van der Waals surface area contributed by atoms with E-state index >= 15 is 0 Å². The maximum atomic E-state index is 13.8. The molecule has 1 saturated heterocycles. The second-order valence-corrected chi connectivity index (χ2v) is 17.9. The normalized spacial score (nSPS) is 17.6. The molecule has 3 aromatic carbocycles. The van der Waals surface area contributed by atoms with E-state index in [4.69, 9.17) is 13.9 Å². The Kier molecular flexibility index (Phi) is 11.1. The number of esters is 1. The zero-order valence-corrected chi connectivity index (χ0v) is 28.9. The van der Waals surface area contributed by atoms with Gasteiger partial charge in [-0.25, -0.2) is 9.59 Å². The number of ether oxygens (including phenoxy) is 2. The van der Waals surface area contributed by atoms with E-state index in [0.29, 0.717) is 6.42 Å². The van der Waals surface area contributed by atoms with Crippen molar-refractivity contribution in [2.45, 2.75) is 83.3 Å². The molecule has 0 saturated carbocycles. The highest BCUT2D eigenvalue weighted by Gasteiger charge is 2.54. The van der Waals surface area contributed by atoms with Gasteiger partial charge in [0, 0.05) is 12.5 Å². The highest BCUT2D eigenvalue weighted by molar-refractivity contribution is 6.99. The number of carbonyl (C=O) groups excluding carboxylic acids is 2.